The molecule has 0 aliphatic carbocycles. The van der Waals surface area contributed by atoms with E-state index in [0.29, 0.717) is 18.8 Å². The third kappa shape index (κ3) is 7.44. The Morgan fingerprint density at radius 2 is 1.76 bits per heavy atom. The second-order valence-corrected chi connectivity index (χ2v) is 9.74. The van der Waals surface area contributed by atoms with Gasteiger partial charge in [0.05, 0.1) is 11.5 Å². The number of carbonyl (C=O) groups is 1. The number of rotatable bonds is 5. The van der Waals surface area contributed by atoms with E-state index in [1.807, 2.05) is 45.0 Å². The number of nitrogens with one attached hydrogen (secondary N) is 2. The van der Waals surface area contributed by atoms with Crippen LogP contribution in [0.25, 0.3) is 0 Å². The average Bonchev–Trinajstić information content (AvgIpc) is 2.49. The second-order valence-electron chi connectivity index (χ2n) is 7.51. The molecule has 1 aromatic rings. The molecule has 1 aromatic carbocycles. The van der Waals surface area contributed by atoms with E-state index in [4.69, 9.17) is 4.74 Å². The van der Waals surface area contributed by atoms with Gasteiger partial charge in [0.1, 0.15) is 5.60 Å². The van der Waals surface area contributed by atoms with Crippen LogP contribution < -0.4 is 10.6 Å². The fourth-order valence-corrected chi connectivity index (χ4v) is 4.38. The van der Waals surface area contributed by atoms with Crippen LogP contribution in [0.4, 0.5) is 4.79 Å². The first kappa shape index (κ1) is 19.7. The molecule has 140 valence electrons. The molecule has 1 unspecified atom stereocenters. The summed E-state index contributed by atoms with van der Waals surface area (Å²) in [6.45, 7) is 6.52. The summed E-state index contributed by atoms with van der Waals surface area (Å²) in [5, 5.41) is 6.04. The average molecular weight is 368 g/mol. The fourth-order valence-electron chi connectivity index (χ4n) is 2.71. The monoisotopic (exact) mass is 368 g/mol. The van der Waals surface area contributed by atoms with Gasteiger partial charge in [-0.3, -0.25) is 0 Å². The van der Waals surface area contributed by atoms with E-state index in [2.05, 4.69) is 10.6 Å². The van der Waals surface area contributed by atoms with E-state index in [9.17, 15) is 13.2 Å². The second kappa shape index (κ2) is 8.19. The van der Waals surface area contributed by atoms with Crippen molar-refractivity contribution in [2.24, 2.45) is 0 Å². The smallest absolute Gasteiger partial charge is 0.407 e. The largest absolute Gasteiger partial charge is 0.444 e. The van der Waals surface area contributed by atoms with Crippen molar-refractivity contribution in [3.63, 3.8) is 0 Å². The van der Waals surface area contributed by atoms with Gasteiger partial charge in [-0.2, -0.15) is 0 Å². The van der Waals surface area contributed by atoms with Crippen molar-refractivity contribution >= 4 is 15.9 Å². The van der Waals surface area contributed by atoms with Crippen molar-refractivity contribution in [2.45, 2.75) is 58.3 Å². The summed E-state index contributed by atoms with van der Waals surface area (Å²) in [7, 11) is -2.89. The van der Waals surface area contributed by atoms with Crippen LogP contribution in [-0.2, 0) is 27.7 Å². The molecule has 2 N–H and O–H groups in total. The van der Waals surface area contributed by atoms with Crippen molar-refractivity contribution in [1.29, 1.82) is 0 Å². The Bertz CT molecular complexity index is 678. The van der Waals surface area contributed by atoms with Crippen molar-refractivity contribution in [3.05, 3.63) is 35.4 Å². The van der Waals surface area contributed by atoms with Crippen LogP contribution in [0.1, 0.15) is 44.7 Å². The van der Waals surface area contributed by atoms with Crippen molar-refractivity contribution in [3.8, 4) is 0 Å². The van der Waals surface area contributed by atoms with Gasteiger partial charge in [-0.1, -0.05) is 24.3 Å². The summed E-state index contributed by atoms with van der Waals surface area (Å²) in [6, 6.07) is 7.90. The lowest BCUT2D eigenvalue weighted by Gasteiger charge is -2.23. The number of sulfone groups is 1. The number of hydrogen-bond donors (Lipinski definition) is 2. The van der Waals surface area contributed by atoms with E-state index in [1.54, 1.807) is 0 Å². The molecule has 7 heteroatoms. The van der Waals surface area contributed by atoms with Crippen molar-refractivity contribution in [2.75, 3.05) is 11.5 Å². The van der Waals surface area contributed by atoms with Crippen LogP contribution in [0.5, 0.6) is 0 Å². The van der Waals surface area contributed by atoms with Crippen LogP contribution in [0.3, 0.4) is 0 Å². The van der Waals surface area contributed by atoms with Gasteiger partial charge in [-0.05, 0) is 44.7 Å². The summed E-state index contributed by atoms with van der Waals surface area (Å²) in [6.07, 6.45) is 1.20. The van der Waals surface area contributed by atoms with Crippen LogP contribution in [-0.4, -0.2) is 37.7 Å². The minimum Gasteiger partial charge on any atom is -0.444 e. The van der Waals surface area contributed by atoms with Gasteiger partial charge in [-0.15, -0.1) is 0 Å². The van der Waals surface area contributed by atoms with Crippen LogP contribution in [0.15, 0.2) is 24.3 Å². The molecular weight excluding hydrogens is 340 g/mol. The molecule has 0 spiro atoms. The molecule has 1 atom stereocenters. The summed E-state index contributed by atoms with van der Waals surface area (Å²) >= 11 is 0. The van der Waals surface area contributed by atoms with Gasteiger partial charge in [0.25, 0.3) is 0 Å². The molecule has 1 amide bonds. The summed E-state index contributed by atoms with van der Waals surface area (Å²) < 4.78 is 28.5. The number of amides is 1. The van der Waals surface area contributed by atoms with Gasteiger partial charge < -0.3 is 15.4 Å². The number of benzene rings is 1. The summed E-state index contributed by atoms with van der Waals surface area (Å²) in [4.78, 5) is 11.6. The molecule has 6 nitrogen and oxygen atoms in total. The van der Waals surface area contributed by atoms with Gasteiger partial charge in [0, 0.05) is 19.1 Å². The molecule has 0 saturated carbocycles. The highest BCUT2D eigenvalue weighted by molar-refractivity contribution is 7.91. The van der Waals surface area contributed by atoms with E-state index in [0.717, 1.165) is 24.0 Å². The Hall–Kier alpha value is -1.60. The molecule has 1 aliphatic heterocycles. The number of ether oxygens (including phenoxy) is 1. The third-order valence-electron chi connectivity index (χ3n) is 3.92. The van der Waals surface area contributed by atoms with E-state index in [-0.39, 0.29) is 11.8 Å². The predicted octanol–water partition coefficient (Wildman–Crippen LogP) is 2.38. The van der Waals surface area contributed by atoms with Gasteiger partial charge in [-0.25, -0.2) is 13.2 Å². The lowest BCUT2D eigenvalue weighted by atomic mass is 10.1. The first-order chi connectivity index (χ1) is 11.6. The zero-order valence-corrected chi connectivity index (χ0v) is 16.0. The standard InChI is InChI=1S/C18H28N2O4S/c1-18(2,3)24-17(21)20-12-15-8-6-14(7-9-15)11-19-16-5-4-10-25(22,23)13-16/h6-9,16,19H,4-5,10-13H2,1-3H3,(H,20,21). The minimum atomic E-state index is -2.89. The van der Waals surface area contributed by atoms with E-state index < -0.39 is 21.5 Å². The maximum absolute atomic E-state index is 11.6. The van der Waals surface area contributed by atoms with Gasteiger partial charge in [0.15, 0.2) is 9.84 Å². The Labute approximate surface area is 150 Å². The molecule has 1 fully saturated rings. The molecule has 0 radical (unpaired) electrons. The van der Waals surface area contributed by atoms with Crippen LogP contribution in [0, 0.1) is 0 Å². The highest BCUT2D eigenvalue weighted by Gasteiger charge is 2.24. The van der Waals surface area contributed by atoms with Crippen LogP contribution >= 0.6 is 0 Å². The Balaban J connectivity index is 1.77. The Kier molecular flexibility index (Phi) is 6.46. The minimum absolute atomic E-state index is 0.0345. The van der Waals surface area contributed by atoms with Gasteiger partial charge in [0.2, 0.25) is 0 Å². The molecule has 1 aliphatic rings. The molecule has 25 heavy (non-hydrogen) atoms. The Morgan fingerprint density at radius 3 is 2.32 bits per heavy atom. The summed E-state index contributed by atoms with van der Waals surface area (Å²) in [5.41, 5.74) is 1.56. The first-order valence-electron chi connectivity index (χ1n) is 8.61. The Morgan fingerprint density at radius 1 is 1.16 bits per heavy atom. The van der Waals surface area contributed by atoms with Crippen LogP contribution in [0.2, 0.25) is 0 Å². The van der Waals surface area contributed by atoms with Gasteiger partial charge >= 0.3 is 6.09 Å². The lowest BCUT2D eigenvalue weighted by molar-refractivity contribution is 0.0523. The maximum Gasteiger partial charge on any atom is 0.407 e. The quantitative estimate of drug-likeness (QED) is 0.834. The molecule has 2 rings (SSSR count). The maximum atomic E-state index is 11.6. The first-order valence-corrected chi connectivity index (χ1v) is 10.4. The fraction of sp³-hybridized carbons (Fsp3) is 0.611. The molecule has 1 saturated heterocycles. The SMILES string of the molecule is CC(C)(C)OC(=O)NCc1ccc(CNC2CCCS(=O)(=O)C2)cc1. The van der Waals surface area contributed by atoms with E-state index in [1.165, 1.54) is 0 Å². The lowest BCUT2D eigenvalue weighted by Crippen LogP contribution is -2.39. The van der Waals surface area contributed by atoms with Crippen molar-refractivity contribution < 1.29 is 17.9 Å². The molecule has 1 heterocycles. The van der Waals surface area contributed by atoms with E-state index >= 15 is 0 Å². The zero-order chi connectivity index (χ0) is 18.5. The number of alkyl carbamates (subject to hydrolysis) is 1. The molecular formula is C18H28N2O4S. The molecule has 0 bridgehead atoms. The summed E-state index contributed by atoms with van der Waals surface area (Å²) in [5.74, 6) is 0.537. The number of hydrogen-bond acceptors (Lipinski definition) is 5. The highest BCUT2D eigenvalue weighted by atomic mass is 32.2. The van der Waals surface area contributed by atoms with Crippen molar-refractivity contribution in [1.82, 2.24) is 10.6 Å². The highest BCUT2D eigenvalue weighted by Crippen LogP contribution is 2.13. The predicted molar refractivity (Wildman–Crippen MR) is 98.0 cm³/mol. The molecule has 0 aromatic heterocycles. The topological polar surface area (TPSA) is 84.5 Å². The zero-order valence-electron chi connectivity index (χ0n) is 15.2. The third-order valence-corrected chi connectivity index (χ3v) is 5.74. The number of carbonyl (C=O) groups excluding carboxylic acids is 1. The normalized spacial score (nSPS) is 20.0.